The maximum Gasteiger partial charge on any atom is 0.225 e. The van der Waals surface area contributed by atoms with Crippen LogP contribution in [0.5, 0.6) is 0 Å². The maximum atomic E-state index is 4.75. The fourth-order valence-corrected chi connectivity index (χ4v) is 3.00. The molecule has 116 valence electrons. The van der Waals surface area contributed by atoms with Crippen LogP contribution in [0.3, 0.4) is 0 Å². The van der Waals surface area contributed by atoms with Crippen molar-refractivity contribution in [1.29, 1.82) is 0 Å². The first-order valence-electron chi connectivity index (χ1n) is 7.87. The first-order valence-corrected chi connectivity index (χ1v) is 7.87. The second-order valence-electron chi connectivity index (χ2n) is 6.02. The predicted molar refractivity (Wildman–Crippen MR) is 87.6 cm³/mol. The molecule has 3 heterocycles. The lowest BCUT2D eigenvalue weighted by atomic mass is 9.98. The van der Waals surface area contributed by atoms with Gasteiger partial charge in [0.1, 0.15) is 0 Å². The maximum absolute atomic E-state index is 4.75. The lowest BCUT2D eigenvalue weighted by Gasteiger charge is -2.35. The van der Waals surface area contributed by atoms with Gasteiger partial charge in [-0.2, -0.15) is 0 Å². The first-order chi connectivity index (χ1) is 10.7. The van der Waals surface area contributed by atoms with Crippen LogP contribution in [0.25, 0.3) is 0 Å². The summed E-state index contributed by atoms with van der Waals surface area (Å²) in [5.41, 5.74) is 2.39. The number of aromatic nitrogens is 3. The topological polar surface area (TPSA) is 45.2 Å². The van der Waals surface area contributed by atoms with E-state index in [2.05, 4.69) is 27.0 Å². The van der Waals surface area contributed by atoms with E-state index in [4.69, 9.17) is 4.98 Å². The number of hydrogen-bond acceptors (Lipinski definition) is 5. The van der Waals surface area contributed by atoms with Crippen molar-refractivity contribution in [3.63, 3.8) is 0 Å². The molecule has 3 rings (SSSR count). The van der Waals surface area contributed by atoms with Crippen LogP contribution < -0.4 is 4.90 Å². The van der Waals surface area contributed by atoms with Crippen LogP contribution in [0.15, 0.2) is 36.8 Å². The normalized spacial score (nSPS) is 19.1. The molecule has 0 radical (unpaired) electrons. The lowest BCUT2D eigenvalue weighted by Crippen LogP contribution is -2.33. The molecular weight excluding hydrogens is 274 g/mol. The average Bonchev–Trinajstić information content (AvgIpc) is 2.56. The van der Waals surface area contributed by atoms with E-state index >= 15 is 0 Å². The molecule has 0 saturated carbocycles. The Morgan fingerprint density at radius 2 is 2.14 bits per heavy atom. The third-order valence-electron chi connectivity index (χ3n) is 4.13. The molecule has 22 heavy (non-hydrogen) atoms. The number of pyridine rings is 1. The van der Waals surface area contributed by atoms with E-state index in [1.165, 1.54) is 18.4 Å². The van der Waals surface area contributed by atoms with Gasteiger partial charge in [0.15, 0.2) is 0 Å². The summed E-state index contributed by atoms with van der Waals surface area (Å²) >= 11 is 0. The summed E-state index contributed by atoms with van der Waals surface area (Å²) in [5, 5.41) is 0. The Bertz CT molecular complexity index is 599. The number of hydrogen-bond donors (Lipinski definition) is 0. The summed E-state index contributed by atoms with van der Waals surface area (Å²) in [5.74, 6) is 0.782. The highest BCUT2D eigenvalue weighted by atomic mass is 15.2. The zero-order valence-electron chi connectivity index (χ0n) is 13.3. The Balaban J connectivity index is 1.82. The fraction of sp³-hybridized carbons (Fsp3) is 0.471. The molecule has 1 fully saturated rings. The van der Waals surface area contributed by atoms with Crippen molar-refractivity contribution >= 4 is 5.95 Å². The largest absolute Gasteiger partial charge is 0.347 e. The Hall–Kier alpha value is -2.01. The van der Waals surface area contributed by atoms with E-state index in [1.54, 1.807) is 0 Å². The van der Waals surface area contributed by atoms with E-state index in [0.717, 1.165) is 31.2 Å². The minimum absolute atomic E-state index is 0.371. The second kappa shape index (κ2) is 6.83. The van der Waals surface area contributed by atoms with Gasteiger partial charge < -0.3 is 4.90 Å². The SMILES string of the molecule is CN(C)c1nccc([C@H]2CCCCN2Cc2cccnc2)n1. The molecule has 0 aliphatic carbocycles. The molecule has 1 aliphatic heterocycles. The van der Waals surface area contributed by atoms with E-state index in [9.17, 15) is 0 Å². The van der Waals surface area contributed by atoms with Crippen LogP contribution in [0.1, 0.15) is 36.6 Å². The van der Waals surface area contributed by atoms with Gasteiger partial charge in [0.2, 0.25) is 5.95 Å². The molecule has 0 N–H and O–H groups in total. The van der Waals surface area contributed by atoms with Crippen molar-refractivity contribution in [3.05, 3.63) is 48.0 Å². The number of anilines is 1. The van der Waals surface area contributed by atoms with Gasteiger partial charge in [0.05, 0.1) is 11.7 Å². The van der Waals surface area contributed by atoms with Gasteiger partial charge in [-0.1, -0.05) is 12.5 Å². The Morgan fingerprint density at radius 1 is 1.23 bits per heavy atom. The molecule has 0 unspecified atom stereocenters. The van der Waals surface area contributed by atoms with Gasteiger partial charge in [-0.3, -0.25) is 9.88 Å². The van der Waals surface area contributed by atoms with Crippen LogP contribution in [-0.2, 0) is 6.54 Å². The van der Waals surface area contributed by atoms with Crippen molar-refractivity contribution in [3.8, 4) is 0 Å². The Labute approximate surface area is 132 Å². The van der Waals surface area contributed by atoms with Crippen LogP contribution >= 0.6 is 0 Å². The molecule has 0 aromatic carbocycles. The van der Waals surface area contributed by atoms with Crippen LogP contribution in [0, 0.1) is 0 Å². The second-order valence-corrected chi connectivity index (χ2v) is 6.02. The molecule has 0 spiro atoms. The molecule has 1 aliphatic rings. The summed E-state index contributed by atoms with van der Waals surface area (Å²) < 4.78 is 0. The monoisotopic (exact) mass is 297 g/mol. The minimum atomic E-state index is 0.371. The predicted octanol–water partition coefficient (Wildman–Crippen LogP) is 2.66. The molecule has 1 atom stereocenters. The Morgan fingerprint density at radius 3 is 2.91 bits per heavy atom. The highest BCUT2D eigenvalue weighted by Crippen LogP contribution is 2.31. The van der Waals surface area contributed by atoms with Gasteiger partial charge in [-0.05, 0) is 37.1 Å². The molecule has 0 bridgehead atoms. The molecular formula is C17H23N5. The van der Waals surface area contributed by atoms with Crippen molar-refractivity contribution < 1.29 is 0 Å². The molecule has 5 heteroatoms. The third kappa shape index (κ3) is 3.42. The lowest BCUT2D eigenvalue weighted by molar-refractivity contribution is 0.137. The van der Waals surface area contributed by atoms with E-state index in [0.29, 0.717) is 6.04 Å². The summed E-state index contributed by atoms with van der Waals surface area (Å²) in [4.78, 5) is 17.8. The van der Waals surface area contributed by atoms with E-state index < -0.39 is 0 Å². The molecule has 1 saturated heterocycles. The van der Waals surface area contributed by atoms with Gasteiger partial charge >= 0.3 is 0 Å². The molecule has 2 aromatic rings. The average molecular weight is 297 g/mol. The van der Waals surface area contributed by atoms with Gasteiger partial charge in [0, 0.05) is 39.2 Å². The van der Waals surface area contributed by atoms with Crippen molar-refractivity contribution in [2.75, 3.05) is 25.5 Å². The highest BCUT2D eigenvalue weighted by Gasteiger charge is 2.25. The molecule has 0 amide bonds. The van der Waals surface area contributed by atoms with Gasteiger partial charge in [-0.15, -0.1) is 0 Å². The summed E-state index contributed by atoms with van der Waals surface area (Å²) in [6.45, 7) is 2.04. The first kappa shape index (κ1) is 14.9. The van der Waals surface area contributed by atoms with E-state index in [1.807, 2.05) is 43.7 Å². The van der Waals surface area contributed by atoms with Gasteiger partial charge in [0.25, 0.3) is 0 Å². The molecule has 2 aromatic heterocycles. The number of likely N-dealkylation sites (tertiary alicyclic amines) is 1. The third-order valence-corrected chi connectivity index (χ3v) is 4.13. The zero-order valence-corrected chi connectivity index (χ0v) is 13.3. The fourth-order valence-electron chi connectivity index (χ4n) is 3.00. The number of rotatable bonds is 4. The summed E-state index contributed by atoms with van der Waals surface area (Å²) in [6.07, 6.45) is 9.32. The molecule has 5 nitrogen and oxygen atoms in total. The summed E-state index contributed by atoms with van der Waals surface area (Å²) in [6, 6.07) is 6.57. The number of nitrogens with zero attached hydrogens (tertiary/aromatic N) is 5. The Kier molecular flexibility index (Phi) is 4.63. The van der Waals surface area contributed by atoms with Crippen LogP contribution in [0.2, 0.25) is 0 Å². The van der Waals surface area contributed by atoms with Crippen LogP contribution in [0.4, 0.5) is 5.95 Å². The van der Waals surface area contributed by atoms with E-state index in [-0.39, 0.29) is 0 Å². The zero-order chi connectivity index (χ0) is 15.4. The van der Waals surface area contributed by atoms with Crippen molar-refractivity contribution in [1.82, 2.24) is 19.9 Å². The standard InChI is InChI=1S/C17H23N5/c1-21(2)17-19-10-8-15(20-17)16-7-3-4-11-22(16)13-14-6-5-9-18-12-14/h5-6,8-10,12,16H,3-4,7,11,13H2,1-2H3/t16-/m1/s1. The van der Waals surface area contributed by atoms with Crippen LogP contribution in [-0.4, -0.2) is 40.5 Å². The highest BCUT2D eigenvalue weighted by molar-refractivity contribution is 5.28. The van der Waals surface area contributed by atoms with Gasteiger partial charge in [-0.25, -0.2) is 9.97 Å². The van der Waals surface area contributed by atoms with Crippen molar-refractivity contribution in [2.45, 2.75) is 31.8 Å². The smallest absolute Gasteiger partial charge is 0.225 e. The minimum Gasteiger partial charge on any atom is -0.347 e. The summed E-state index contributed by atoms with van der Waals surface area (Å²) in [7, 11) is 3.96. The quantitative estimate of drug-likeness (QED) is 0.868. The van der Waals surface area contributed by atoms with Crippen molar-refractivity contribution in [2.24, 2.45) is 0 Å². The number of piperidine rings is 1.